The number of nitrogens with one attached hydrogen (secondary N) is 1. The number of imidazole rings is 1. The Morgan fingerprint density at radius 3 is 2.88 bits per heavy atom. The van der Waals surface area contributed by atoms with Crippen LogP contribution in [-0.4, -0.2) is 32.5 Å². The zero-order chi connectivity index (χ0) is 17.1. The van der Waals surface area contributed by atoms with Gasteiger partial charge in [0.05, 0.1) is 12.2 Å². The number of nitrogens with zero attached hydrogens (tertiary/aromatic N) is 4. The lowest BCUT2D eigenvalue weighted by Gasteiger charge is -2.19. The fourth-order valence-corrected chi connectivity index (χ4v) is 3.49. The van der Waals surface area contributed by atoms with E-state index in [1.807, 2.05) is 54.6 Å². The second-order valence-electron chi connectivity index (χ2n) is 6.40. The maximum Gasteiger partial charge on any atom is 0.127 e. The molecule has 25 heavy (non-hydrogen) atoms. The van der Waals surface area contributed by atoms with Crippen LogP contribution < -0.4 is 5.32 Å². The van der Waals surface area contributed by atoms with E-state index in [2.05, 4.69) is 32.1 Å². The van der Waals surface area contributed by atoms with E-state index >= 15 is 0 Å². The van der Waals surface area contributed by atoms with Crippen molar-refractivity contribution in [1.29, 1.82) is 0 Å². The molecule has 3 aromatic rings. The summed E-state index contributed by atoms with van der Waals surface area (Å²) in [6.07, 6.45) is 6.87. The van der Waals surface area contributed by atoms with E-state index in [0.717, 1.165) is 43.3 Å². The van der Waals surface area contributed by atoms with E-state index < -0.39 is 0 Å². The van der Waals surface area contributed by atoms with Gasteiger partial charge < -0.3 is 14.6 Å². The zero-order valence-electron chi connectivity index (χ0n) is 14.4. The maximum absolute atomic E-state index is 5.95. The maximum atomic E-state index is 5.95. The van der Waals surface area contributed by atoms with Crippen molar-refractivity contribution in [3.05, 3.63) is 66.5 Å². The first-order valence-corrected chi connectivity index (χ1v) is 8.71. The molecular weight excluding hydrogens is 314 g/mol. The van der Waals surface area contributed by atoms with Gasteiger partial charge in [0.15, 0.2) is 0 Å². The minimum Gasteiger partial charge on any atom is -0.372 e. The summed E-state index contributed by atoms with van der Waals surface area (Å²) in [5.74, 6) is 1.47. The molecule has 0 aliphatic carbocycles. The molecule has 0 amide bonds. The molecule has 130 valence electrons. The summed E-state index contributed by atoms with van der Waals surface area (Å²) >= 11 is 0. The normalized spacial score (nSPS) is 20.2. The molecule has 1 aromatic carbocycles. The van der Waals surface area contributed by atoms with Crippen LogP contribution in [0, 0.1) is 5.92 Å². The van der Waals surface area contributed by atoms with Crippen molar-refractivity contribution in [3.63, 3.8) is 0 Å². The lowest BCUT2D eigenvalue weighted by Crippen LogP contribution is -2.26. The molecule has 2 aromatic heterocycles. The van der Waals surface area contributed by atoms with E-state index in [1.54, 1.807) is 0 Å². The van der Waals surface area contributed by atoms with Gasteiger partial charge in [-0.2, -0.15) is 5.10 Å². The number of ether oxygens (including phenoxy) is 1. The van der Waals surface area contributed by atoms with Gasteiger partial charge in [-0.05, 0) is 24.6 Å². The van der Waals surface area contributed by atoms with Crippen LogP contribution in [-0.2, 0) is 18.3 Å². The number of hydrogen-bond acceptors (Lipinski definition) is 4. The van der Waals surface area contributed by atoms with Crippen LogP contribution in [0.25, 0.3) is 5.69 Å². The standard InChI is InChI=1S/C19H23N5O/c1-23-17(7-9-22-23)19-15(8-12-25-19)13-20-14-18-21-10-11-24(18)16-5-3-2-4-6-16/h2-7,9-11,15,19-20H,8,12-14H2,1H3/t15-,19+/m0/s1. The molecule has 1 fully saturated rings. The van der Waals surface area contributed by atoms with Crippen LogP contribution in [0.1, 0.15) is 24.0 Å². The number of rotatable bonds is 6. The van der Waals surface area contributed by atoms with Crippen molar-refractivity contribution in [1.82, 2.24) is 24.6 Å². The lowest BCUT2D eigenvalue weighted by molar-refractivity contribution is 0.0837. The Morgan fingerprint density at radius 2 is 2.08 bits per heavy atom. The van der Waals surface area contributed by atoms with Crippen molar-refractivity contribution < 1.29 is 4.74 Å². The van der Waals surface area contributed by atoms with Crippen molar-refractivity contribution in [2.45, 2.75) is 19.1 Å². The van der Waals surface area contributed by atoms with Gasteiger partial charge in [-0.3, -0.25) is 4.68 Å². The largest absolute Gasteiger partial charge is 0.372 e. The minimum atomic E-state index is 0.119. The van der Waals surface area contributed by atoms with Gasteiger partial charge in [-0.15, -0.1) is 0 Å². The van der Waals surface area contributed by atoms with Gasteiger partial charge in [-0.25, -0.2) is 4.98 Å². The number of aromatic nitrogens is 4. The smallest absolute Gasteiger partial charge is 0.127 e. The summed E-state index contributed by atoms with van der Waals surface area (Å²) in [7, 11) is 1.97. The topological polar surface area (TPSA) is 56.9 Å². The summed E-state index contributed by atoms with van der Waals surface area (Å²) in [6.45, 7) is 2.44. The van der Waals surface area contributed by atoms with E-state index in [4.69, 9.17) is 4.74 Å². The summed E-state index contributed by atoms with van der Waals surface area (Å²) in [6, 6.07) is 12.3. The Bertz CT molecular complexity index is 810. The average Bonchev–Trinajstić information content (AvgIpc) is 3.36. The summed E-state index contributed by atoms with van der Waals surface area (Å²) in [4.78, 5) is 4.49. The Morgan fingerprint density at radius 1 is 1.20 bits per heavy atom. The molecule has 0 unspecified atom stereocenters. The predicted molar refractivity (Wildman–Crippen MR) is 95.3 cm³/mol. The molecule has 0 bridgehead atoms. The second-order valence-corrected chi connectivity index (χ2v) is 6.40. The molecule has 4 rings (SSSR count). The Balaban J connectivity index is 1.39. The monoisotopic (exact) mass is 337 g/mol. The third kappa shape index (κ3) is 3.36. The number of benzene rings is 1. The molecule has 1 N–H and O–H groups in total. The molecule has 2 atom stereocenters. The quantitative estimate of drug-likeness (QED) is 0.751. The van der Waals surface area contributed by atoms with E-state index in [9.17, 15) is 0 Å². The Kier molecular flexibility index (Phi) is 4.63. The number of hydrogen-bond donors (Lipinski definition) is 1. The molecule has 0 spiro atoms. The molecule has 0 saturated carbocycles. The summed E-state index contributed by atoms with van der Waals surface area (Å²) in [5.41, 5.74) is 2.28. The first-order valence-electron chi connectivity index (χ1n) is 8.71. The third-order valence-corrected chi connectivity index (χ3v) is 4.81. The lowest BCUT2D eigenvalue weighted by atomic mass is 9.99. The molecule has 0 radical (unpaired) electrons. The van der Waals surface area contributed by atoms with Gasteiger partial charge in [-0.1, -0.05) is 18.2 Å². The van der Waals surface area contributed by atoms with Crippen molar-refractivity contribution in [2.24, 2.45) is 13.0 Å². The van der Waals surface area contributed by atoms with Crippen LogP contribution >= 0.6 is 0 Å². The van der Waals surface area contributed by atoms with E-state index in [-0.39, 0.29) is 6.10 Å². The number of aryl methyl sites for hydroxylation is 1. The van der Waals surface area contributed by atoms with Crippen LogP contribution in [0.3, 0.4) is 0 Å². The molecule has 6 nitrogen and oxygen atoms in total. The predicted octanol–water partition coefficient (Wildman–Crippen LogP) is 2.47. The molecule has 1 aliphatic heterocycles. The molecule has 1 aliphatic rings. The van der Waals surface area contributed by atoms with Gasteiger partial charge >= 0.3 is 0 Å². The van der Waals surface area contributed by atoms with E-state index in [1.165, 1.54) is 0 Å². The SMILES string of the molecule is Cn1nccc1[C@@H]1OCC[C@H]1CNCc1nccn1-c1ccccc1. The van der Waals surface area contributed by atoms with Crippen molar-refractivity contribution in [2.75, 3.05) is 13.2 Å². The molecule has 3 heterocycles. The van der Waals surface area contributed by atoms with E-state index in [0.29, 0.717) is 5.92 Å². The van der Waals surface area contributed by atoms with Gasteiger partial charge in [0, 0.05) is 50.4 Å². The highest BCUT2D eigenvalue weighted by Crippen LogP contribution is 2.33. The third-order valence-electron chi connectivity index (χ3n) is 4.81. The van der Waals surface area contributed by atoms with Crippen molar-refractivity contribution in [3.8, 4) is 5.69 Å². The van der Waals surface area contributed by atoms with Gasteiger partial charge in [0.2, 0.25) is 0 Å². The first kappa shape index (κ1) is 16.1. The van der Waals surface area contributed by atoms with Crippen molar-refractivity contribution >= 4 is 0 Å². The minimum absolute atomic E-state index is 0.119. The van der Waals surface area contributed by atoms with Gasteiger partial charge in [0.25, 0.3) is 0 Å². The van der Waals surface area contributed by atoms with Crippen LogP contribution in [0.15, 0.2) is 55.0 Å². The average molecular weight is 337 g/mol. The molecule has 1 saturated heterocycles. The Hall–Kier alpha value is -2.44. The molecule has 6 heteroatoms. The van der Waals surface area contributed by atoms with Gasteiger partial charge in [0.1, 0.15) is 11.9 Å². The van der Waals surface area contributed by atoms with Crippen LogP contribution in [0.4, 0.5) is 0 Å². The van der Waals surface area contributed by atoms with Crippen LogP contribution in [0.2, 0.25) is 0 Å². The highest BCUT2D eigenvalue weighted by Gasteiger charge is 2.31. The first-order chi connectivity index (χ1) is 12.3. The number of para-hydroxylation sites is 1. The zero-order valence-corrected chi connectivity index (χ0v) is 14.4. The highest BCUT2D eigenvalue weighted by atomic mass is 16.5. The summed E-state index contributed by atoms with van der Waals surface area (Å²) < 4.78 is 9.98. The summed E-state index contributed by atoms with van der Waals surface area (Å²) in [5, 5.41) is 7.82. The Labute approximate surface area is 147 Å². The fraction of sp³-hybridized carbons (Fsp3) is 0.368. The fourth-order valence-electron chi connectivity index (χ4n) is 3.49. The van der Waals surface area contributed by atoms with Crippen LogP contribution in [0.5, 0.6) is 0 Å². The highest BCUT2D eigenvalue weighted by molar-refractivity contribution is 5.32. The molecular formula is C19H23N5O. The second kappa shape index (κ2) is 7.21.